The minimum Gasteiger partial charge on any atom is -0.357 e. The smallest absolute Gasteiger partial charge is 0.150 e. The van der Waals surface area contributed by atoms with Gasteiger partial charge in [0.2, 0.25) is 0 Å². The highest BCUT2D eigenvalue weighted by Gasteiger charge is 2.16. The Balaban J connectivity index is 1.73. The average molecular weight is 260 g/mol. The molecule has 0 N–H and O–H groups in total. The van der Waals surface area contributed by atoms with Crippen LogP contribution in [-0.4, -0.2) is 16.4 Å². The maximum absolute atomic E-state index is 13.6. The molecule has 0 aliphatic carbocycles. The van der Waals surface area contributed by atoms with E-state index in [1.54, 1.807) is 12.3 Å². The number of benzene rings is 1. The summed E-state index contributed by atoms with van der Waals surface area (Å²) in [6.45, 7) is 0.799. The largest absolute Gasteiger partial charge is 0.357 e. The van der Waals surface area contributed by atoms with Crippen molar-refractivity contribution in [3.05, 3.63) is 53.6 Å². The van der Waals surface area contributed by atoms with Crippen LogP contribution in [0.4, 0.5) is 4.39 Å². The molecule has 1 aliphatic rings. The maximum Gasteiger partial charge on any atom is 0.150 e. The molecule has 0 saturated carbocycles. The Morgan fingerprint density at radius 1 is 1.32 bits per heavy atom. The molecule has 1 fully saturated rings. The van der Waals surface area contributed by atoms with Crippen molar-refractivity contribution in [2.24, 2.45) is 0 Å². The summed E-state index contributed by atoms with van der Waals surface area (Å²) in [5, 5.41) is 4.33. The third kappa shape index (κ3) is 2.84. The van der Waals surface area contributed by atoms with Crippen molar-refractivity contribution in [2.75, 3.05) is 6.61 Å². The fourth-order valence-electron chi connectivity index (χ4n) is 2.42. The van der Waals surface area contributed by atoms with Crippen LogP contribution >= 0.6 is 0 Å². The van der Waals surface area contributed by atoms with E-state index in [2.05, 4.69) is 5.10 Å². The van der Waals surface area contributed by atoms with E-state index < -0.39 is 0 Å². The number of halogens is 1. The van der Waals surface area contributed by atoms with Crippen molar-refractivity contribution in [3.63, 3.8) is 0 Å². The van der Waals surface area contributed by atoms with Crippen molar-refractivity contribution in [1.82, 2.24) is 9.78 Å². The van der Waals surface area contributed by atoms with E-state index in [4.69, 9.17) is 4.74 Å². The summed E-state index contributed by atoms with van der Waals surface area (Å²) in [6, 6.07) is 6.86. The second kappa shape index (κ2) is 5.53. The standard InChI is InChI=1S/C15H17FN2O/c16-14-6-2-1-5-13(14)9-12-10-17-18(11-12)15-7-3-4-8-19-15/h1-2,5-6,10-11,15H,3-4,7-9H2. The monoisotopic (exact) mass is 260 g/mol. The predicted octanol–water partition coefficient (Wildman–Crippen LogP) is 3.31. The highest BCUT2D eigenvalue weighted by Crippen LogP contribution is 2.22. The molecule has 1 atom stereocenters. The van der Waals surface area contributed by atoms with Gasteiger partial charge in [0.15, 0.2) is 0 Å². The third-order valence-electron chi connectivity index (χ3n) is 3.46. The van der Waals surface area contributed by atoms with E-state index in [9.17, 15) is 4.39 Å². The summed E-state index contributed by atoms with van der Waals surface area (Å²) in [5.41, 5.74) is 1.71. The predicted molar refractivity (Wildman–Crippen MR) is 70.3 cm³/mol. The Kier molecular flexibility index (Phi) is 3.60. The molecule has 0 spiro atoms. The zero-order valence-electron chi connectivity index (χ0n) is 10.8. The molecular weight excluding hydrogens is 243 g/mol. The zero-order chi connectivity index (χ0) is 13.1. The Bertz CT molecular complexity index is 547. The lowest BCUT2D eigenvalue weighted by Crippen LogP contribution is -2.18. The first-order chi connectivity index (χ1) is 9.33. The number of nitrogens with zero attached hydrogens (tertiary/aromatic N) is 2. The van der Waals surface area contributed by atoms with Crippen molar-refractivity contribution < 1.29 is 9.13 Å². The first-order valence-electron chi connectivity index (χ1n) is 6.71. The Morgan fingerprint density at radius 2 is 2.21 bits per heavy atom. The van der Waals surface area contributed by atoms with E-state index in [1.807, 2.05) is 23.0 Å². The Labute approximate surface area is 112 Å². The lowest BCUT2D eigenvalue weighted by Gasteiger charge is -2.22. The van der Waals surface area contributed by atoms with Crippen molar-refractivity contribution in [3.8, 4) is 0 Å². The molecule has 19 heavy (non-hydrogen) atoms. The number of hydrogen-bond acceptors (Lipinski definition) is 2. The van der Waals surface area contributed by atoms with Crippen LogP contribution in [0.3, 0.4) is 0 Å². The van der Waals surface area contributed by atoms with Gasteiger partial charge >= 0.3 is 0 Å². The fraction of sp³-hybridized carbons (Fsp3) is 0.400. The van der Waals surface area contributed by atoms with Gasteiger partial charge < -0.3 is 4.74 Å². The van der Waals surface area contributed by atoms with Crippen LogP contribution in [0.1, 0.15) is 36.6 Å². The van der Waals surface area contributed by atoms with E-state index in [0.29, 0.717) is 12.0 Å². The normalized spacial score (nSPS) is 19.5. The van der Waals surface area contributed by atoms with E-state index >= 15 is 0 Å². The quantitative estimate of drug-likeness (QED) is 0.846. The van der Waals surface area contributed by atoms with Gasteiger partial charge in [0, 0.05) is 19.2 Å². The summed E-state index contributed by atoms with van der Waals surface area (Å²) in [4.78, 5) is 0. The molecule has 0 bridgehead atoms. The van der Waals surface area contributed by atoms with Crippen LogP contribution in [-0.2, 0) is 11.2 Å². The third-order valence-corrected chi connectivity index (χ3v) is 3.46. The van der Waals surface area contributed by atoms with Gasteiger partial charge in [-0.05, 0) is 36.5 Å². The summed E-state index contributed by atoms with van der Waals surface area (Å²) >= 11 is 0. The van der Waals surface area contributed by atoms with Crippen LogP contribution in [0.15, 0.2) is 36.7 Å². The van der Waals surface area contributed by atoms with Crippen LogP contribution < -0.4 is 0 Å². The van der Waals surface area contributed by atoms with Crippen LogP contribution in [0.5, 0.6) is 0 Å². The van der Waals surface area contributed by atoms with E-state index in [1.165, 1.54) is 12.5 Å². The van der Waals surface area contributed by atoms with Gasteiger partial charge in [0.25, 0.3) is 0 Å². The highest BCUT2D eigenvalue weighted by atomic mass is 19.1. The van der Waals surface area contributed by atoms with Crippen molar-refractivity contribution in [2.45, 2.75) is 31.9 Å². The molecule has 3 rings (SSSR count). The number of aromatic nitrogens is 2. The molecule has 0 radical (unpaired) electrons. The Hall–Kier alpha value is -1.68. The second-order valence-corrected chi connectivity index (χ2v) is 4.92. The SMILES string of the molecule is Fc1ccccc1Cc1cnn(C2CCCCO2)c1. The number of hydrogen-bond donors (Lipinski definition) is 0. The van der Waals surface area contributed by atoms with Crippen LogP contribution in [0.25, 0.3) is 0 Å². The molecule has 4 heteroatoms. The molecule has 1 aromatic carbocycles. The van der Waals surface area contributed by atoms with Gasteiger partial charge in [-0.25, -0.2) is 9.07 Å². The molecule has 100 valence electrons. The highest BCUT2D eigenvalue weighted by molar-refractivity contribution is 5.24. The van der Waals surface area contributed by atoms with Crippen LogP contribution in [0, 0.1) is 5.82 Å². The summed E-state index contributed by atoms with van der Waals surface area (Å²) < 4.78 is 21.1. The second-order valence-electron chi connectivity index (χ2n) is 4.92. The number of rotatable bonds is 3. The minimum atomic E-state index is -0.163. The maximum atomic E-state index is 13.6. The molecular formula is C15H17FN2O. The molecule has 2 heterocycles. The zero-order valence-corrected chi connectivity index (χ0v) is 10.8. The number of ether oxygens (including phenoxy) is 1. The first kappa shape index (κ1) is 12.4. The lowest BCUT2D eigenvalue weighted by molar-refractivity contribution is -0.0395. The fourth-order valence-corrected chi connectivity index (χ4v) is 2.42. The van der Waals surface area contributed by atoms with Crippen LogP contribution in [0.2, 0.25) is 0 Å². The topological polar surface area (TPSA) is 27.1 Å². The lowest BCUT2D eigenvalue weighted by atomic mass is 10.1. The van der Waals surface area contributed by atoms with Gasteiger partial charge in [-0.2, -0.15) is 5.10 Å². The van der Waals surface area contributed by atoms with Gasteiger partial charge in [-0.15, -0.1) is 0 Å². The molecule has 1 aliphatic heterocycles. The Morgan fingerprint density at radius 3 is 3.00 bits per heavy atom. The van der Waals surface area contributed by atoms with Crippen molar-refractivity contribution in [1.29, 1.82) is 0 Å². The molecule has 2 aromatic rings. The molecule has 1 saturated heterocycles. The van der Waals surface area contributed by atoms with Gasteiger partial charge in [-0.3, -0.25) is 0 Å². The minimum absolute atomic E-state index is 0.0446. The molecule has 1 aromatic heterocycles. The summed E-state index contributed by atoms with van der Waals surface area (Å²) in [7, 11) is 0. The average Bonchev–Trinajstić information content (AvgIpc) is 2.91. The van der Waals surface area contributed by atoms with Gasteiger partial charge in [0.1, 0.15) is 12.0 Å². The van der Waals surface area contributed by atoms with E-state index in [0.717, 1.165) is 25.0 Å². The molecule has 1 unspecified atom stereocenters. The van der Waals surface area contributed by atoms with Crippen molar-refractivity contribution >= 4 is 0 Å². The molecule has 3 nitrogen and oxygen atoms in total. The van der Waals surface area contributed by atoms with E-state index in [-0.39, 0.29) is 12.0 Å². The van der Waals surface area contributed by atoms with Gasteiger partial charge in [-0.1, -0.05) is 18.2 Å². The first-order valence-corrected chi connectivity index (χ1v) is 6.71. The van der Waals surface area contributed by atoms with Gasteiger partial charge in [0.05, 0.1) is 6.20 Å². The summed E-state index contributed by atoms with van der Waals surface area (Å²) in [6.07, 6.45) is 7.67. The molecule has 0 amide bonds. The summed E-state index contributed by atoms with van der Waals surface area (Å²) in [5.74, 6) is -0.163.